The van der Waals surface area contributed by atoms with Crippen molar-refractivity contribution in [2.45, 2.75) is 34.1 Å². The van der Waals surface area contributed by atoms with Crippen LogP contribution in [-0.2, 0) is 0 Å². The number of allylic oxidation sites excluding steroid dienone is 2. The topological polar surface area (TPSA) is 12.4 Å². The van der Waals surface area contributed by atoms with Gasteiger partial charge in [-0.15, -0.1) is 0 Å². The molecular formula is C10H17N. The molecule has 0 aromatic heterocycles. The van der Waals surface area contributed by atoms with Crippen LogP contribution in [0.4, 0.5) is 0 Å². The minimum atomic E-state index is 0.681. The zero-order valence-corrected chi connectivity index (χ0v) is 7.89. The van der Waals surface area contributed by atoms with Crippen molar-refractivity contribution in [2.75, 3.05) is 0 Å². The monoisotopic (exact) mass is 151 g/mol. The second kappa shape index (κ2) is 3.21. The van der Waals surface area contributed by atoms with Gasteiger partial charge in [0.15, 0.2) is 0 Å². The van der Waals surface area contributed by atoms with E-state index < -0.39 is 0 Å². The molecule has 0 aliphatic carbocycles. The van der Waals surface area contributed by atoms with E-state index in [1.165, 1.54) is 11.3 Å². The van der Waals surface area contributed by atoms with Crippen LogP contribution in [0.2, 0.25) is 0 Å². The SMILES string of the molecule is CC(C)=C1N=CCC1C(C)C. The van der Waals surface area contributed by atoms with E-state index in [2.05, 4.69) is 32.7 Å². The molecule has 1 heteroatoms. The molecule has 0 aromatic carbocycles. The van der Waals surface area contributed by atoms with Crippen molar-refractivity contribution in [2.24, 2.45) is 16.8 Å². The van der Waals surface area contributed by atoms with Gasteiger partial charge in [-0.05, 0) is 26.2 Å². The Balaban J connectivity index is 2.80. The van der Waals surface area contributed by atoms with Gasteiger partial charge in [0.2, 0.25) is 0 Å². The predicted octanol–water partition coefficient (Wildman–Crippen LogP) is 3.03. The highest BCUT2D eigenvalue weighted by Crippen LogP contribution is 2.30. The molecule has 0 bridgehead atoms. The number of hydrogen-bond donors (Lipinski definition) is 0. The van der Waals surface area contributed by atoms with E-state index in [1.807, 2.05) is 6.21 Å². The average Bonchev–Trinajstić information content (AvgIpc) is 2.32. The van der Waals surface area contributed by atoms with E-state index in [-0.39, 0.29) is 0 Å². The van der Waals surface area contributed by atoms with Crippen LogP contribution < -0.4 is 0 Å². The van der Waals surface area contributed by atoms with Crippen molar-refractivity contribution in [3.05, 3.63) is 11.3 Å². The van der Waals surface area contributed by atoms with Crippen LogP contribution in [-0.4, -0.2) is 6.21 Å². The fourth-order valence-corrected chi connectivity index (χ4v) is 1.56. The lowest BCUT2D eigenvalue weighted by molar-refractivity contribution is 0.466. The molecule has 1 aliphatic rings. The minimum absolute atomic E-state index is 0.681. The van der Waals surface area contributed by atoms with Gasteiger partial charge in [-0.1, -0.05) is 19.4 Å². The zero-order chi connectivity index (χ0) is 8.43. The number of nitrogens with zero attached hydrogens (tertiary/aromatic N) is 1. The molecule has 0 saturated carbocycles. The Morgan fingerprint density at radius 1 is 1.55 bits per heavy atom. The van der Waals surface area contributed by atoms with E-state index in [4.69, 9.17) is 0 Å². The second-order valence-corrected chi connectivity index (χ2v) is 3.78. The lowest BCUT2D eigenvalue weighted by Crippen LogP contribution is -2.07. The summed E-state index contributed by atoms with van der Waals surface area (Å²) in [5.41, 5.74) is 2.69. The molecule has 1 unspecified atom stereocenters. The van der Waals surface area contributed by atoms with Crippen LogP contribution in [0.25, 0.3) is 0 Å². The normalized spacial score (nSPS) is 23.4. The highest BCUT2D eigenvalue weighted by Gasteiger charge is 2.21. The number of aliphatic imine (C=N–C) groups is 1. The molecular weight excluding hydrogens is 134 g/mol. The third-order valence-electron chi connectivity index (χ3n) is 2.26. The Hall–Kier alpha value is -0.590. The van der Waals surface area contributed by atoms with Gasteiger partial charge in [0.25, 0.3) is 0 Å². The van der Waals surface area contributed by atoms with E-state index in [1.54, 1.807) is 0 Å². The molecule has 0 N–H and O–H groups in total. The molecule has 62 valence electrons. The molecule has 0 spiro atoms. The maximum absolute atomic E-state index is 4.39. The van der Waals surface area contributed by atoms with E-state index in [0.717, 1.165) is 12.3 Å². The minimum Gasteiger partial charge on any atom is -0.265 e. The Kier molecular flexibility index (Phi) is 2.48. The smallest absolute Gasteiger partial charge is 0.0423 e. The third-order valence-corrected chi connectivity index (χ3v) is 2.26. The lowest BCUT2D eigenvalue weighted by Gasteiger charge is -2.15. The summed E-state index contributed by atoms with van der Waals surface area (Å²) in [6.45, 7) is 8.82. The van der Waals surface area contributed by atoms with Crippen LogP contribution in [0, 0.1) is 11.8 Å². The Labute approximate surface area is 69.2 Å². The maximum Gasteiger partial charge on any atom is 0.0423 e. The summed E-state index contributed by atoms with van der Waals surface area (Å²) in [5, 5.41) is 0. The van der Waals surface area contributed by atoms with Crippen molar-refractivity contribution >= 4 is 6.21 Å². The molecule has 0 amide bonds. The molecule has 1 atom stereocenters. The van der Waals surface area contributed by atoms with Crippen molar-refractivity contribution in [3.8, 4) is 0 Å². The fourth-order valence-electron chi connectivity index (χ4n) is 1.56. The summed E-state index contributed by atoms with van der Waals surface area (Å²) in [5.74, 6) is 1.40. The zero-order valence-electron chi connectivity index (χ0n) is 7.89. The first-order chi connectivity index (χ1) is 5.13. The highest BCUT2D eigenvalue weighted by molar-refractivity contribution is 5.64. The molecule has 1 rings (SSSR count). The van der Waals surface area contributed by atoms with Crippen LogP contribution >= 0.6 is 0 Å². The summed E-state index contributed by atoms with van der Waals surface area (Å²) < 4.78 is 0. The highest BCUT2D eigenvalue weighted by atomic mass is 14.8. The van der Waals surface area contributed by atoms with Gasteiger partial charge in [-0.2, -0.15) is 0 Å². The molecule has 0 saturated heterocycles. The first-order valence-corrected chi connectivity index (χ1v) is 4.33. The Morgan fingerprint density at radius 2 is 2.18 bits per heavy atom. The van der Waals surface area contributed by atoms with Crippen molar-refractivity contribution < 1.29 is 0 Å². The van der Waals surface area contributed by atoms with Crippen LogP contribution in [0.3, 0.4) is 0 Å². The number of rotatable bonds is 1. The van der Waals surface area contributed by atoms with Crippen LogP contribution in [0.15, 0.2) is 16.3 Å². The fraction of sp³-hybridized carbons (Fsp3) is 0.700. The van der Waals surface area contributed by atoms with E-state index >= 15 is 0 Å². The maximum atomic E-state index is 4.39. The van der Waals surface area contributed by atoms with Crippen molar-refractivity contribution in [1.29, 1.82) is 0 Å². The van der Waals surface area contributed by atoms with Gasteiger partial charge in [-0.25, -0.2) is 0 Å². The van der Waals surface area contributed by atoms with E-state index in [9.17, 15) is 0 Å². The Morgan fingerprint density at radius 3 is 2.55 bits per heavy atom. The summed E-state index contributed by atoms with van der Waals surface area (Å²) in [7, 11) is 0. The summed E-state index contributed by atoms with van der Waals surface area (Å²) in [6.07, 6.45) is 3.19. The van der Waals surface area contributed by atoms with Gasteiger partial charge in [0, 0.05) is 17.8 Å². The van der Waals surface area contributed by atoms with Gasteiger partial charge >= 0.3 is 0 Å². The summed E-state index contributed by atoms with van der Waals surface area (Å²) in [6, 6.07) is 0. The average molecular weight is 151 g/mol. The van der Waals surface area contributed by atoms with Crippen molar-refractivity contribution in [1.82, 2.24) is 0 Å². The molecule has 0 radical (unpaired) electrons. The second-order valence-electron chi connectivity index (χ2n) is 3.78. The first kappa shape index (κ1) is 8.51. The standard InChI is InChI=1S/C10H17N/c1-7(2)9-5-6-11-10(9)8(3)4/h6-7,9H,5H2,1-4H3. The van der Waals surface area contributed by atoms with Crippen molar-refractivity contribution in [3.63, 3.8) is 0 Å². The molecule has 1 aliphatic heterocycles. The first-order valence-electron chi connectivity index (χ1n) is 4.33. The van der Waals surface area contributed by atoms with Gasteiger partial charge in [0.1, 0.15) is 0 Å². The molecule has 1 nitrogen and oxygen atoms in total. The van der Waals surface area contributed by atoms with Crippen LogP contribution in [0.1, 0.15) is 34.1 Å². The van der Waals surface area contributed by atoms with Crippen LogP contribution in [0.5, 0.6) is 0 Å². The summed E-state index contributed by atoms with van der Waals surface area (Å²) >= 11 is 0. The largest absolute Gasteiger partial charge is 0.265 e. The number of hydrogen-bond acceptors (Lipinski definition) is 1. The summed E-state index contributed by atoms with van der Waals surface area (Å²) in [4.78, 5) is 4.39. The Bertz CT molecular complexity index is 195. The predicted molar refractivity (Wildman–Crippen MR) is 49.8 cm³/mol. The molecule has 0 aromatic rings. The lowest BCUT2D eigenvalue weighted by atomic mass is 9.90. The van der Waals surface area contributed by atoms with Gasteiger partial charge in [0.05, 0.1) is 0 Å². The quantitative estimate of drug-likeness (QED) is 0.546. The third kappa shape index (κ3) is 1.70. The molecule has 11 heavy (non-hydrogen) atoms. The molecule has 0 fully saturated rings. The van der Waals surface area contributed by atoms with Gasteiger partial charge < -0.3 is 0 Å². The molecule has 1 heterocycles. The van der Waals surface area contributed by atoms with E-state index in [0.29, 0.717) is 5.92 Å². The van der Waals surface area contributed by atoms with Gasteiger partial charge in [-0.3, -0.25) is 4.99 Å².